The highest BCUT2D eigenvalue weighted by Crippen LogP contribution is 2.29. The molecule has 0 aliphatic carbocycles. The van der Waals surface area contributed by atoms with Crippen LogP contribution in [0.4, 0.5) is 0 Å². The maximum absolute atomic E-state index is 11.2. The third kappa shape index (κ3) is 2.69. The maximum Gasteiger partial charge on any atom is 0.323 e. The summed E-state index contributed by atoms with van der Waals surface area (Å²) in [6.07, 6.45) is 0. The molecule has 0 bridgehead atoms. The van der Waals surface area contributed by atoms with E-state index in [0.717, 1.165) is 0 Å². The first-order chi connectivity index (χ1) is 5.87. The highest BCUT2D eigenvalue weighted by Gasteiger charge is 2.40. The van der Waals surface area contributed by atoms with E-state index in [0.29, 0.717) is 0 Å². The van der Waals surface area contributed by atoms with E-state index in [1.807, 2.05) is 0 Å². The van der Waals surface area contributed by atoms with Gasteiger partial charge in [-0.15, -0.1) is 0 Å². The summed E-state index contributed by atoms with van der Waals surface area (Å²) >= 11 is 2.59. The second-order valence-corrected chi connectivity index (χ2v) is 3.65. The lowest BCUT2D eigenvalue weighted by atomic mass is 9.80. The zero-order chi connectivity index (χ0) is 10.6. The number of halogens is 1. The quantitative estimate of drug-likeness (QED) is 0.718. The van der Waals surface area contributed by atoms with Crippen LogP contribution in [0.3, 0.4) is 0 Å². The van der Waals surface area contributed by atoms with Crippen molar-refractivity contribution in [3.63, 3.8) is 0 Å². The summed E-state index contributed by atoms with van der Waals surface area (Å²) in [5.74, 6) is -1.46. The predicted octanol–water partition coefficient (Wildman–Crippen LogP) is 1.67. The molecule has 0 rings (SSSR count). The SMILES string of the molecule is COC(=O)C(C)C(C)(C)C(=O)OBr. The molecule has 0 radical (unpaired) electrons. The Morgan fingerprint density at radius 1 is 1.38 bits per heavy atom. The van der Waals surface area contributed by atoms with E-state index in [-0.39, 0.29) is 0 Å². The minimum Gasteiger partial charge on any atom is -0.469 e. The fourth-order valence-electron chi connectivity index (χ4n) is 0.748. The number of methoxy groups -OCH3 is 1. The Balaban J connectivity index is 4.62. The molecule has 0 aromatic heterocycles. The molecule has 0 saturated heterocycles. The van der Waals surface area contributed by atoms with Gasteiger partial charge < -0.3 is 8.57 Å². The molecule has 13 heavy (non-hydrogen) atoms. The summed E-state index contributed by atoms with van der Waals surface area (Å²) in [6, 6.07) is 0. The lowest BCUT2D eigenvalue weighted by molar-refractivity contribution is -0.158. The van der Waals surface area contributed by atoms with Crippen molar-refractivity contribution in [2.75, 3.05) is 7.11 Å². The normalized spacial score (nSPS) is 13.3. The fraction of sp³-hybridized carbons (Fsp3) is 0.750. The molecule has 0 amide bonds. The molecule has 0 heterocycles. The molecule has 1 unspecified atom stereocenters. The average Bonchev–Trinajstić information content (AvgIpc) is 2.13. The first-order valence-corrected chi connectivity index (χ1v) is 4.43. The minimum atomic E-state index is -0.892. The molecular weight excluding hydrogens is 240 g/mol. The Bertz CT molecular complexity index is 212. The number of hydrogen-bond donors (Lipinski definition) is 0. The van der Waals surface area contributed by atoms with Crippen LogP contribution in [0.1, 0.15) is 20.8 Å². The van der Waals surface area contributed by atoms with E-state index in [1.54, 1.807) is 20.8 Å². The molecule has 0 saturated carbocycles. The summed E-state index contributed by atoms with van der Waals surface area (Å²) in [4.78, 5) is 22.4. The van der Waals surface area contributed by atoms with Gasteiger partial charge in [-0.25, -0.2) is 0 Å². The number of carbonyl (C=O) groups is 2. The summed E-state index contributed by atoms with van der Waals surface area (Å²) < 4.78 is 8.93. The molecular formula is C8H13BrO4. The van der Waals surface area contributed by atoms with Crippen molar-refractivity contribution < 1.29 is 18.2 Å². The van der Waals surface area contributed by atoms with Gasteiger partial charge in [-0.05, 0) is 13.8 Å². The number of carbonyl (C=O) groups excluding carboxylic acids is 2. The zero-order valence-corrected chi connectivity index (χ0v) is 9.67. The van der Waals surface area contributed by atoms with E-state index in [9.17, 15) is 9.59 Å². The van der Waals surface area contributed by atoms with Crippen molar-refractivity contribution in [1.29, 1.82) is 0 Å². The van der Waals surface area contributed by atoms with Crippen LogP contribution in [-0.2, 0) is 18.2 Å². The molecule has 0 aliphatic heterocycles. The van der Waals surface area contributed by atoms with Gasteiger partial charge in [-0.3, -0.25) is 9.59 Å². The molecule has 0 aromatic carbocycles. The number of esters is 1. The van der Waals surface area contributed by atoms with Crippen LogP contribution >= 0.6 is 16.3 Å². The van der Waals surface area contributed by atoms with Gasteiger partial charge in [0.1, 0.15) is 0 Å². The molecule has 0 aliphatic rings. The van der Waals surface area contributed by atoms with E-state index in [4.69, 9.17) is 0 Å². The van der Waals surface area contributed by atoms with Gasteiger partial charge in [0.05, 0.1) is 18.4 Å². The lowest BCUT2D eigenvalue weighted by Crippen LogP contribution is -2.36. The van der Waals surface area contributed by atoms with Gasteiger partial charge in [-0.2, -0.15) is 0 Å². The molecule has 0 N–H and O–H groups in total. The first-order valence-electron chi connectivity index (χ1n) is 3.78. The van der Waals surface area contributed by atoms with Crippen LogP contribution in [0.15, 0.2) is 0 Å². The van der Waals surface area contributed by atoms with E-state index < -0.39 is 23.3 Å². The molecule has 4 nitrogen and oxygen atoms in total. The second-order valence-electron chi connectivity index (χ2n) is 3.33. The molecule has 0 spiro atoms. The third-order valence-corrected chi connectivity index (χ3v) is 2.53. The molecule has 5 heteroatoms. The highest BCUT2D eigenvalue weighted by molar-refractivity contribution is 9.06. The van der Waals surface area contributed by atoms with Crippen molar-refractivity contribution in [2.24, 2.45) is 11.3 Å². The molecule has 76 valence electrons. The van der Waals surface area contributed by atoms with Crippen molar-refractivity contribution in [3.05, 3.63) is 0 Å². The minimum absolute atomic E-state index is 0.428. The Morgan fingerprint density at radius 2 is 1.85 bits per heavy atom. The second kappa shape index (κ2) is 4.60. The van der Waals surface area contributed by atoms with Crippen LogP contribution in [-0.4, -0.2) is 19.0 Å². The van der Waals surface area contributed by atoms with Crippen molar-refractivity contribution in [3.8, 4) is 0 Å². The third-order valence-electron chi connectivity index (χ3n) is 2.23. The van der Waals surface area contributed by atoms with Crippen molar-refractivity contribution in [1.82, 2.24) is 0 Å². The van der Waals surface area contributed by atoms with Crippen LogP contribution in [0, 0.1) is 11.3 Å². The summed E-state index contributed by atoms with van der Waals surface area (Å²) in [5.41, 5.74) is -0.892. The molecule has 1 atom stereocenters. The van der Waals surface area contributed by atoms with Crippen molar-refractivity contribution >= 4 is 28.2 Å². The zero-order valence-electron chi connectivity index (χ0n) is 8.09. The van der Waals surface area contributed by atoms with Crippen LogP contribution in [0.25, 0.3) is 0 Å². The molecule has 0 aromatic rings. The first kappa shape index (κ1) is 12.4. The van der Waals surface area contributed by atoms with Gasteiger partial charge in [0.25, 0.3) is 0 Å². The van der Waals surface area contributed by atoms with E-state index >= 15 is 0 Å². The number of rotatable bonds is 3. The standard InChI is InChI=1S/C8H13BrO4/c1-5(6(10)12-4)8(2,3)7(11)13-9/h5H,1-4H3. The average molecular weight is 253 g/mol. The van der Waals surface area contributed by atoms with Gasteiger partial charge in [0.2, 0.25) is 0 Å². The predicted molar refractivity (Wildman–Crippen MR) is 50.0 cm³/mol. The topological polar surface area (TPSA) is 52.6 Å². The Hall–Kier alpha value is -0.580. The Kier molecular flexibility index (Phi) is 4.39. The smallest absolute Gasteiger partial charge is 0.323 e. The van der Waals surface area contributed by atoms with Gasteiger partial charge in [0.15, 0.2) is 16.3 Å². The molecule has 0 fully saturated rings. The number of hydrogen-bond acceptors (Lipinski definition) is 4. The largest absolute Gasteiger partial charge is 0.469 e. The maximum atomic E-state index is 11.2. The van der Waals surface area contributed by atoms with Gasteiger partial charge in [-0.1, -0.05) is 6.92 Å². The van der Waals surface area contributed by atoms with Gasteiger partial charge in [0, 0.05) is 0 Å². The highest BCUT2D eigenvalue weighted by atomic mass is 79.9. The van der Waals surface area contributed by atoms with E-state index in [1.165, 1.54) is 7.11 Å². The summed E-state index contributed by atoms with van der Waals surface area (Å²) in [5, 5.41) is 0. The Morgan fingerprint density at radius 3 is 2.15 bits per heavy atom. The van der Waals surface area contributed by atoms with Crippen LogP contribution < -0.4 is 0 Å². The fourth-order valence-corrected chi connectivity index (χ4v) is 1.16. The monoisotopic (exact) mass is 252 g/mol. The van der Waals surface area contributed by atoms with Crippen LogP contribution in [0.5, 0.6) is 0 Å². The van der Waals surface area contributed by atoms with Crippen molar-refractivity contribution in [2.45, 2.75) is 20.8 Å². The van der Waals surface area contributed by atoms with E-state index in [2.05, 4.69) is 24.8 Å². The number of ether oxygens (including phenoxy) is 1. The van der Waals surface area contributed by atoms with Crippen LogP contribution in [0.2, 0.25) is 0 Å². The lowest BCUT2D eigenvalue weighted by Gasteiger charge is -2.25. The summed E-state index contributed by atoms with van der Waals surface area (Å²) in [7, 11) is 1.29. The Labute approximate surface area is 86.0 Å². The summed E-state index contributed by atoms with van der Waals surface area (Å²) in [6.45, 7) is 4.87. The van der Waals surface area contributed by atoms with Gasteiger partial charge >= 0.3 is 11.9 Å².